The van der Waals surface area contributed by atoms with Crippen LogP contribution in [0, 0.1) is 6.92 Å². The van der Waals surface area contributed by atoms with Gasteiger partial charge in [0.2, 0.25) is 15.7 Å². The number of sulfone groups is 1. The van der Waals surface area contributed by atoms with E-state index in [4.69, 9.17) is 0 Å². The van der Waals surface area contributed by atoms with Crippen molar-refractivity contribution >= 4 is 32.3 Å². The van der Waals surface area contributed by atoms with E-state index in [0.29, 0.717) is 10.9 Å². The SMILES string of the molecule is Cc1ccccc1NC(=O)Cn1cc(S(=O)(=O)c2ccccc2)c2ccccc21. The van der Waals surface area contributed by atoms with Crippen LogP contribution in [0.15, 0.2) is 94.9 Å². The van der Waals surface area contributed by atoms with Crippen molar-refractivity contribution in [1.29, 1.82) is 0 Å². The van der Waals surface area contributed by atoms with E-state index in [2.05, 4.69) is 5.32 Å². The Kier molecular flexibility index (Phi) is 4.94. The maximum absolute atomic E-state index is 13.2. The zero-order chi connectivity index (χ0) is 20.4. The number of hydrogen-bond acceptors (Lipinski definition) is 3. The minimum atomic E-state index is -3.70. The Morgan fingerprint density at radius 1 is 0.897 bits per heavy atom. The van der Waals surface area contributed by atoms with E-state index in [9.17, 15) is 13.2 Å². The molecule has 0 unspecified atom stereocenters. The van der Waals surface area contributed by atoms with Crippen LogP contribution in [-0.2, 0) is 21.2 Å². The van der Waals surface area contributed by atoms with Crippen molar-refractivity contribution in [2.24, 2.45) is 0 Å². The number of fused-ring (bicyclic) bond motifs is 1. The minimum Gasteiger partial charge on any atom is -0.337 e. The van der Waals surface area contributed by atoms with Crippen molar-refractivity contribution < 1.29 is 13.2 Å². The molecule has 4 aromatic rings. The number of aromatic nitrogens is 1. The lowest BCUT2D eigenvalue weighted by Gasteiger charge is -2.09. The van der Waals surface area contributed by atoms with E-state index < -0.39 is 9.84 Å². The van der Waals surface area contributed by atoms with Crippen LogP contribution < -0.4 is 5.32 Å². The summed E-state index contributed by atoms with van der Waals surface area (Å²) in [5.74, 6) is -0.219. The molecule has 0 fully saturated rings. The molecule has 0 aliphatic rings. The van der Waals surface area contributed by atoms with Gasteiger partial charge in [-0.2, -0.15) is 0 Å². The fourth-order valence-electron chi connectivity index (χ4n) is 3.34. The summed E-state index contributed by atoms with van der Waals surface area (Å²) < 4.78 is 28.0. The first-order chi connectivity index (χ1) is 14.0. The van der Waals surface area contributed by atoms with E-state index in [1.54, 1.807) is 53.2 Å². The molecule has 1 amide bonds. The van der Waals surface area contributed by atoms with Crippen LogP contribution in [0.5, 0.6) is 0 Å². The molecule has 1 aromatic heterocycles. The van der Waals surface area contributed by atoms with Gasteiger partial charge in [0.15, 0.2) is 0 Å². The first-order valence-electron chi connectivity index (χ1n) is 9.20. The highest BCUT2D eigenvalue weighted by atomic mass is 32.2. The fourth-order valence-corrected chi connectivity index (χ4v) is 4.84. The fraction of sp³-hybridized carbons (Fsp3) is 0.0870. The molecule has 3 aromatic carbocycles. The molecule has 0 saturated carbocycles. The van der Waals surface area contributed by atoms with Crippen molar-refractivity contribution in [3.63, 3.8) is 0 Å². The largest absolute Gasteiger partial charge is 0.337 e. The number of benzene rings is 3. The third-order valence-corrected chi connectivity index (χ3v) is 6.63. The summed E-state index contributed by atoms with van der Waals surface area (Å²) >= 11 is 0. The number of anilines is 1. The first kappa shape index (κ1) is 19.0. The number of nitrogens with zero attached hydrogens (tertiary/aromatic N) is 1. The molecule has 4 rings (SSSR count). The Balaban J connectivity index is 1.72. The molecule has 1 heterocycles. The molecule has 6 heteroatoms. The number of nitrogens with one attached hydrogen (secondary N) is 1. The van der Waals surface area contributed by atoms with Crippen molar-refractivity contribution in [1.82, 2.24) is 4.57 Å². The van der Waals surface area contributed by atoms with E-state index in [1.807, 2.05) is 43.3 Å². The third kappa shape index (κ3) is 3.67. The Hall–Kier alpha value is -3.38. The van der Waals surface area contributed by atoms with Gasteiger partial charge in [-0.05, 0) is 36.8 Å². The van der Waals surface area contributed by atoms with Gasteiger partial charge in [-0.3, -0.25) is 4.79 Å². The number of amides is 1. The Morgan fingerprint density at radius 3 is 2.31 bits per heavy atom. The molecular formula is C23H20N2O3S. The standard InChI is InChI=1S/C23H20N2O3S/c1-17-9-5-7-13-20(17)24-23(26)16-25-15-22(19-12-6-8-14-21(19)25)29(27,28)18-10-3-2-4-11-18/h2-15H,16H2,1H3,(H,24,26). The zero-order valence-electron chi connectivity index (χ0n) is 15.9. The summed E-state index contributed by atoms with van der Waals surface area (Å²) in [5.41, 5.74) is 2.40. The molecule has 0 radical (unpaired) electrons. The van der Waals surface area contributed by atoms with E-state index in [0.717, 1.165) is 11.3 Å². The average molecular weight is 404 g/mol. The number of rotatable bonds is 5. The molecule has 0 spiro atoms. The number of carbonyl (C=O) groups excluding carboxylic acids is 1. The van der Waals surface area contributed by atoms with Crippen LogP contribution >= 0.6 is 0 Å². The van der Waals surface area contributed by atoms with Crippen molar-refractivity contribution in [2.45, 2.75) is 23.3 Å². The summed E-state index contributed by atoms with van der Waals surface area (Å²) in [7, 11) is -3.70. The third-order valence-electron chi connectivity index (χ3n) is 4.83. The van der Waals surface area contributed by atoms with Gasteiger partial charge in [-0.15, -0.1) is 0 Å². The summed E-state index contributed by atoms with van der Waals surface area (Å²) in [4.78, 5) is 13.1. The predicted molar refractivity (Wildman–Crippen MR) is 114 cm³/mol. The first-order valence-corrected chi connectivity index (χ1v) is 10.7. The van der Waals surface area contributed by atoms with Gasteiger partial charge in [0.05, 0.1) is 9.79 Å². The Morgan fingerprint density at radius 2 is 1.55 bits per heavy atom. The van der Waals surface area contributed by atoms with Crippen molar-refractivity contribution in [2.75, 3.05) is 5.32 Å². The topological polar surface area (TPSA) is 68.2 Å². The van der Waals surface area contributed by atoms with Crippen LogP contribution in [0.3, 0.4) is 0 Å². The summed E-state index contributed by atoms with van der Waals surface area (Å²) in [6.45, 7) is 1.93. The van der Waals surface area contributed by atoms with Gasteiger partial charge in [-0.25, -0.2) is 8.42 Å². The van der Waals surface area contributed by atoms with Crippen LogP contribution in [0.1, 0.15) is 5.56 Å². The molecule has 0 aliphatic heterocycles. The van der Waals surface area contributed by atoms with Gasteiger partial charge in [0.25, 0.3) is 0 Å². The molecule has 0 saturated heterocycles. The van der Waals surface area contributed by atoms with Gasteiger partial charge in [0, 0.05) is 22.8 Å². The highest BCUT2D eigenvalue weighted by Gasteiger charge is 2.23. The number of para-hydroxylation sites is 2. The second kappa shape index (κ2) is 7.56. The lowest BCUT2D eigenvalue weighted by atomic mass is 10.2. The lowest BCUT2D eigenvalue weighted by Crippen LogP contribution is -2.18. The van der Waals surface area contributed by atoms with Crippen molar-refractivity contribution in [3.8, 4) is 0 Å². The van der Waals surface area contributed by atoms with Gasteiger partial charge in [0.1, 0.15) is 6.54 Å². The highest BCUT2D eigenvalue weighted by molar-refractivity contribution is 7.91. The van der Waals surface area contributed by atoms with Crippen molar-refractivity contribution in [3.05, 3.63) is 90.6 Å². The lowest BCUT2D eigenvalue weighted by molar-refractivity contribution is -0.116. The monoisotopic (exact) mass is 404 g/mol. The average Bonchev–Trinajstić information content (AvgIpc) is 3.10. The summed E-state index contributed by atoms with van der Waals surface area (Å²) in [6, 6.07) is 23.1. The van der Waals surface area contributed by atoms with Crippen LogP contribution in [0.4, 0.5) is 5.69 Å². The van der Waals surface area contributed by atoms with E-state index in [1.165, 1.54) is 0 Å². The Bertz CT molecular complexity index is 1290. The van der Waals surface area contributed by atoms with E-state index in [-0.39, 0.29) is 22.2 Å². The normalized spacial score (nSPS) is 11.5. The van der Waals surface area contributed by atoms with Gasteiger partial charge < -0.3 is 9.88 Å². The molecular weight excluding hydrogens is 384 g/mol. The minimum absolute atomic E-state index is 0.0131. The molecule has 5 nitrogen and oxygen atoms in total. The number of aryl methyl sites for hydroxylation is 1. The van der Waals surface area contributed by atoms with Crippen LogP contribution in [0.25, 0.3) is 10.9 Å². The van der Waals surface area contributed by atoms with E-state index >= 15 is 0 Å². The maximum atomic E-state index is 13.2. The molecule has 146 valence electrons. The number of carbonyl (C=O) groups is 1. The van der Waals surface area contributed by atoms with Gasteiger partial charge >= 0.3 is 0 Å². The highest BCUT2D eigenvalue weighted by Crippen LogP contribution is 2.30. The smallest absolute Gasteiger partial charge is 0.244 e. The quantitative estimate of drug-likeness (QED) is 0.535. The molecule has 0 aliphatic carbocycles. The van der Waals surface area contributed by atoms with Crippen LogP contribution in [0.2, 0.25) is 0 Å². The molecule has 0 atom stereocenters. The zero-order valence-corrected chi connectivity index (χ0v) is 16.7. The second-order valence-corrected chi connectivity index (χ2v) is 8.74. The second-order valence-electron chi connectivity index (χ2n) is 6.82. The Labute approximate surface area is 169 Å². The summed E-state index contributed by atoms with van der Waals surface area (Å²) in [6.07, 6.45) is 1.55. The number of hydrogen-bond donors (Lipinski definition) is 1. The molecule has 29 heavy (non-hydrogen) atoms. The predicted octanol–water partition coefficient (Wildman–Crippen LogP) is 4.42. The maximum Gasteiger partial charge on any atom is 0.244 e. The summed E-state index contributed by atoms with van der Waals surface area (Å²) in [5, 5.41) is 3.49. The van der Waals surface area contributed by atoms with Crippen LogP contribution in [-0.4, -0.2) is 18.9 Å². The molecule has 1 N–H and O–H groups in total. The van der Waals surface area contributed by atoms with Gasteiger partial charge in [-0.1, -0.05) is 54.6 Å². The molecule has 0 bridgehead atoms.